The minimum Gasteiger partial charge on any atom is -0.485 e. The molecule has 4 nitrogen and oxygen atoms in total. The summed E-state index contributed by atoms with van der Waals surface area (Å²) in [5.41, 5.74) is 0.531. The summed E-state index contributed by atoms with van der Waals surface area (Å²) in [7, 11) is 0. The Morgan fingerprint density at radius 1 is 1.10 bits per heavy atom. The van der Waals surface area contributed by atoms with Crippen LogP contribution >= 0.6 is 11.6 Å². The fourth-order valence-corrected chi connectivity index (χ4v) is 1.96. The van der Waals surface area contributed by atoms with Crippen LogP contribution in [0.25, 0.3) is 0 Å². The monoisotopic (exact) mass is 290 g/mol. The zero-order valence-electron chi connectivity index (χ0n) is 10.5. The van der Waals surface area contributed by atoms with Crippen LogP contribution in [-0.2, 0) is 0 Å². The highest BCUT2D eigenvalue weighted by Gasteiger charge is 2.16. The van der Waals surface area contributed by atoms with Crippen molar-refractivity contribution < 1.29 is 19.0 Å². The summed E-state index contributed by atoms with van der Waals surface area (Å²) in [5.74, 6) is 1.71. The molecular formula is C15H11ClO4. The number of carbonyl (C=O) groups is 1. The van der Waals surface area contributed by atoms with Crippen molar-refractivity contribution >= 4 is 17.4 Å². The predicted molar refractivity (Wildman–Crippen MR) is 73.8 cm³/mol. The van der Waals surface area contributed by atoms with Crippen molar-refractivity contribution in [3.8, 4) is 17.2 Å². The second-order valence-electron chi connectivity index (χ2n) is 4.23. The fourth-order valence-electron chi connectivity index (χ4n) is 1.83. The molecule has 0 fully saturated rings. The molecule has 20 heavy (non-hydrogen) atoms. The summed E-state index contributed by atoms with van der Waals surface area (Å²) in [4.78, 5) is 12.0. The number of hydrogen-bond donors (Lipinski definition) is 0. The highest BCUT2D eigenvalue weighted by Crippen LogP contribution is 2.32. The van der Waals surface area contributed by atoms with E-state index in [0.717, 1.165) is 0 Å². The Morgan fingerprint density at radius 2 is 1.85 bits per heavy atom. The maximum atomic E-state index is 12.0. The van der Waals surface area contributed by atoms with Crippen molar-refractivity contribution in [2.75, 3.05) is 13.4 Å². The Kier molecular flexibility index (Phi) is 3.48. The number of rotatable bonds is 4. The van der Waals surface area contributed by atoms with Crippen LogP contribution in [0.5, 0.6) is 17.2 Å². The van der Waals surface area contributed by atoms with Gasteiger partial charge < -0.3 is 14.2 Å². The van der Waals surface area contributed by atoms with Crippen LogP contribution in [0.1, 0.15) is 10.4 Å². The molecule has 0 bridgehead atoms. The van der Waals surface area contributed by atoms with E-state index in [4.69, 9.17) is 25.8 Å². The topological polar surface area (TPSA) is 44.8 Å². The van der Waals surface area contributed by atoms with Crippen molar-refractivity contribution in [1.29, 1.82) is 0 Å². The van der Waals surface area contributed by atoms with Crippen molar-refractivity contribution in [2.45, 2.75) is 0 Å². The lowest BCUT2D eigenvalue weighted by Crippen LogP contribution is -2.11. The van der Waals surface area contributed by atoms with E-state index < -0.39 is 0 Å². The van der Waals surface area contributed by atoms with Gasteiger partial charge in [0.15, 0.2) is 23.9 Å². The van der Waals surface area contributed by atoms with Crippen molar-refractivity contribution in [2.24, 2.45) is 0 Å². The van der Waals surface area contributed by atoms with Crippen LogP contribution in [0.4, 0.5) is 0 Å². The standard InChI is InChI=1S/C15H11ClO4/c16-11-2-4-12(5-3-11)18-8-13(17)10-1-6-14-15(7-10)20-9-19-14/h1-7H,8-9H2. The smallest absolute Gasteiger partial charge is 0.231 e. The van der Waals surface area contributed by atoms with Crippen molar-refractivity contribution in [3.63, 3.8) is 0 Å². The van der Waals surface area contributed by atoms with E-state index >= 15 is 0 Å². The minimum atomic E-state index is -0.127. The third-order valence-electron chi connectivity index (χ3n) is 2.88. The van der Waals surface area contributed by atoms with Gasteiger partial charge in [-0.1, -0.05) is 11.6 Å². The molecule has 0 atom stereocenters. The molecule has 3 rings (SSSR count). The van der Waals surface area contributed by atoms with Gasteiger partial charge in [0, 0.05) is 10.6 Å². The number of carbonyl (C=O) groups excluding carboxylic acids is 1. The molecule has 0 saturated heterocycles. The number of ether oxygens (including phenoxy) is 3. The van der Waals surface area contributed by atoms with E-state index in [-0.39, 0.29) is 19.2 Å². The SMILES string of the molecule is O=C(COc1ccc(Cl)cc1)c1ccc2c(c1)OCO2. The fraction of sp³-hybridized carbons (Fsp3) is 0.133. The van der Waals surface area contributed by atoms with E-state index in [1.165, 1.54) is 0 Å². The molecule has 2 aromatic carbocycles. The molecular weight excluding hydrogens is 280 g/mol. The van der Waals surface area contributed by atoms with Gasteiger partial charge >= 0.3 is 0 Å². The molecule has 5 heteroatoms. The summed E-state index contributed by atoms with van der Waals surface area (Å²) in [6, 6.07) is 11.9. The number of benzene rings is 2. The molecule has 0 N–H and O–H groups in total. The molecule has 1 heterocycles. The van der Waals surface area contributed by atoms with Gasteiger partial charge in [0.05, 0.1) is 0 Å². The molecule has 0 saturated carbocycles. The normalized spacial score (nSPS) is 12.2. The summed E-state index contributed by atoms with van der Waals surface area (Å²) < 4.78 is 15.8. The lowest BCUT2D eigenvalue weighted by Gasteiger charge is -2.06. The molecule has 1 aliphatic heterocycles. The first-order valence-corrected chi connectivity index (χ1v) is 6.41. The molecule has 0 amide bonds. The summed E-state index contributed by atoms with van der Waals surface area (Å²) >= 11 is 5.78. The number of fused-ring (bicyclic) bond motifs is 1. The van der Waals surface area contributed by atoms with Gasteiger partial charge in [0.25, 0.3) is 0 Å². The second-order valence-corrected chi connectivity index (χ2v) is 4.67. The zero-order valence-corrected chi connectivity index (χ0v) is 11.2. The van der Waals surface area contributed by atoms with E-state index in [1.54, 1.807) is 42.5 Å². The molecule has 2 aromatic rings. The first-order valence-electron chi connectivity index (χ1n) is 6.03. The average Bonchev–Trinajstić information content (AvgIpc) is 2.93. The molecule has 0 aliphatic carbocycles. The maximum Gasteiger partial charge on any atom is 0.231 e. The Bertz CT molecular complexity index is 637. The van der Waals surface area contributed by atoms with E-state index in [1.807, 2.05) is 0 Å². The van der Waals surface area contributed by atoms with Gasteiger partial charge in [0.1, 0.15) is 5.75 Å². The molecule has 0 spiro atoms. The van der Waals surface area contributed by atoms with Crippen molar-refractivity contribution in [1.82, 2.24) is 0 Å². The van der Waals surface area contributed by atoms with Crippen molar-refractivity contribution in [3.05, 3.63) is 53.1 Å². The first kappa shape index (κ1) is 12.8. The van der Waals surface area contributed by atoms with Crippen LogP contribution in [0.3, 0.4) is 0 Å². The van der Waals surface area contributed by atoms with Crippen LogP contribution < -0.4 is 14.2 Å². The zero-order chi connectivity index (χ0) is 13.9. The molecule has 0 aromatic heterocycles. The molecule has 1 aliphatic rings. The largest absolute Gasteiger partial charge is 0.485 e. The van der Waals surface area contributed by atoms with Crippen LogP contribution in [0.2, 0.25) is 5.02 Å². The second kappa shape index (κ2) is 5.43. The molecule has 102 valence electrons. The van der Waals surface area contributed by atoms with Crippen LogP contribution in [0.15, 0.2) is 42.5 Å². The Morgan fingerprint density at radius 3 is 2.65 bits per heavy atom. The lowest BCUT2D eigenvalue weighted by molar-refractivity contribution is 0.0921. The van der Waals surface area contributed by atoms with Gasteiger partial charge in [-0.25, -0.2) is 0 Å². The summed E-state index contributed by atoms with van der Waals surface area (Å²) in [5, 5.41) is 0.624. The number of ketones is 1. The number of hydrogen-bond acceptors (Lipinski definition) is 4. The Hall–Kier alpha value is -2.20. The summed E-state index contributed by atoms with van der Waals surface area (Å²) in [6.45, 7) is 0.148. The van der Waals surface area contributed by atoms with E-state index in [0.29, 0.717) is 27.8 Å². The van der Waals surface area contributed by atoms with Crippen LogP contribution in [-0.4, -0.2) is 19.2 Å². The summed E-state index contributed by atoms with van der Waals surface area (Å²) in [6.07, 6.45) is 0. The van der Waals surface area contributed by atoms with Gasteiger partial charge in [-0.05, 0) is 42.5 Å². The minimum absolute atomic E-state index is 0.0404. The maximum absolute atomic E-state index is 12.0. The van der Waals surface area contributed by atoms with Gasteiger partial charge in [-0.15, -0.1) is 0 Å². The quantitative estimate of drug-likeness (QED) is 0.810. The molecule has 0 radical (unpaired) electrons. The van der Waals surface area contributed by atoms with E-state index in [2.05, 4.69) is 0 Å². The van der Waals surface area contributed by atoms with E-state index in [9.17, 15) is 4.79 Å². The van der Waals surface area contributed by atoms with Crippen LogP contribution in [0, 0.1) is 0 Å². The highest BCUT2D eigenvalue weighted by atomic mass is 35.5. The first-order chi connectivity index (χ1) is 9.72. The Labute approximate surface area is 120 Å². The Balaban J connectivity index is 1.66. The number of halogens is 1. The third-order valence-corrected chi connectivity index (χ3v) is 3.13. The highest BCUT2D eigenvalue weighted by molar-refractivity contribution is 6.30. The average molecular weight is 291 g/mol. The van der Waals surface area contributed by atoms with Gasteiger partial charge in [-0.2, -0.15) is 0 Å². The van der Waals surface area contributed by atoms with Gasteiger partial charge in [-0.3, -0.25) is 4.79 Å². The molecule has 0 unspecified atom stereocenters. The number of Topliss-reactive ketones (excluding diaryl/α,β-unsaturated/α-hetero) is 1. The predicted octanol–water partition coefficient (Wildman–Crippen LogP) is 3.33. The van der Waals surface area contributed by atoms with Gasteiger partial charge in [0.2, 0.25) is 6.79 Å². The third kappa shape index (κ3) is 2.70. The lowest BCUT2D eigenvalue weighted by atomic mass is 10.1.